The monoisotopic (exact) mass is 387 g/mol. The van der Waals surface area contributed by atoms with Gasteiger partial charge in [0.1, 0.15) is 5.70 Å². The lowest BCUT2D eigenvalue weighted by molar-refractivity contribution is -0.384. The van der Waals surface area contributed by atoms with E-state index in [2.05, 4.69) is 0 Å². The van der Waals surface area contributed by atoms with Crippen LogP contribution in [0.1, 0.15) is 38.7 Å². The summed E-state index contributed by atoms with van der Waals surface area (Å²) in [7, 11) is 0. The molecule has 2 heterocycles. The molecule has 3 rings (SSSR count). The maximum absolute atomic E-state index is 13.1. The van der Waals surface area contributed by atoms with Crippen molar-refractivity contribution in [3.8, 4) is 0 Å². The van der Waals surface area contributed by atoms with Crippen molar-refractivity contribution in [3.63, 3.8) is 0 Å². The van der Waals surface area contributed by atoms with Gasteiger partial charge in [0.2, 0.25) is 0 Å². The summed E-state index contributed by atoms with van der Waals surface area (Å²) < 4.78 is 5.51. The van der Waals surface area contributed by atoms with E-state index in [-0.39, 0.29) is 36.8 Å². The van der Waals surface area contributed by atoms with Gasteiger partial charge in [0.25, 0.3) is 17.5 Å². The molecule has 0 bridgehead atoms. The van der Waals surface area contributed by atoms with Crippen LogP contribution >= 0.6 is 0 Å². The van der Waals surface area contributed by atoms with E-state index in [1.54, 1.807) is 0 Å². The fraction of sp³-hybridized carbons (Fsp3) is 0.500. The third kappa shape index (κ3) is 4.06. The number of carbonyl (C=O) groups excluding carboxylic acids is 2. The molecule has 0 spiro atoms. The Morgan fingerprint density at radius 2 is 1.71 bits per heavy atom. The molecule has 1 saturated heterocycles. The second kappa shape index (κ2) is 8.52. The first-order chi connectivity index (χ1) is 13.4. The standard InChI is InChI=1S/C20H25N3O5/c1-14(2)28-13-12-22-19(24)17(15-6-8-16(9-7-15)23(26)27)18(20(22)25)21-10-4-3-5-11-21/h6-9,14H,3-5,10-13H2,1-2H3. The Balaban J connectivity index is 1.94. The zero-order chi connectivity index (χ0) is 20.3. The third-order valence-electron chi connectivity index (χ3n) is 4.95. The minimum absolute atomic E-state index is 0.0106. The average molecular weight is 387 g/mol. The topological polar surface area (TPSA) is 93.0 Å². The Labute approximate surface area is 163 Å². The Hall–Kier alpha value is -2.74. The van der Waals surface area contributed by atoms with E-state index >= 15 is 0 Å². The van der Waals surface area contributed by atoms with E-state index in [9.17, 15) is 19.7 Å². The lowest BCUT2D eigenvalue weighted by Gasteiger charge is -2.29. The second-order valence-electron chi connectivity index (χ2n) is 7.26. The molecular weight excluding hydrogens is 362 g/mol. The normalized spacial score (nSPS) is 17.8. The van der Waals surface area contributed by atoms with E-state index < -0.39 is 4.92 Å². The zero-order valence-corrected chi connectivity index (χ0v) is 16.2. The first-order valence-electron chi connectivity index (χ1n) is 9.62. The molecule has 0 saturated carbocycles. The molecule has 8 heteroatoms. The fourth-order valence-electron chi connectivity index (χ4n) is 3.57. The van der Waals surface area contributed by atoms with E-state index in [0.29, 0.717) is 16.8 Å². The smallest absolute Gasteiger partial charge is 0.277 e. The van der Waals surface area contributed by atoms with Gasteiger partial charge in [0, 0.05) is 25.2 Å². The van der Waals surface area contributed by atoms with Crippen molar-refractivity contribution in [2.75, 3.05) is 26.2 Å². The van der Waals surface area contributed by atoms with Crippen molar-refractivity contribution in [1.29, 1.82) is 0 Å². The highest BCUT2D eigenvalue weighted by molar-refractivity contribution is 6.35. The predicted molar refractivity (Wildman–Crippen MR) is 103 cm³/mol. The van der Waals surface area contributed by atoms with Gasteiger partial charge in [-0.1, -0.05) is 0 Å². The van der Waals surface area contributed by atoms with Gasteiger partial charge in [0.15, 0.2) is 0 Å². The molecule has 2 aliphatic heterocycles. The third-order valence-corrected chi connectivity index (χ3v) is 4.95. The van der Waals surface area contributed by atoms with Crippen LogP contribution in [0.5, 0.6) is 0 Å². The summed E-state index contributed by atoms with van der Waals surface area (Å²) in [5, 5.41) is 10.9. The number of imide groups is 1. The molecule has 28 heavy (non-hydrogen) atoms. The Morgan fingerprint density at radius 1 is 1.07 bits per heavy atom. The lowest BCUT2D eigenvalue weighted by Crippen LogP contribution is -2.39. The summed E-state index contributed by atoms with van der Waals surface area (Å²) >= 11 is 0. The molecule has 150 valence electrons. The first-order valence-corrected chi connectivity index (χ1v) is 9.62. The average Bonchev–Trinajstić information content (AvgIpc) is 2.93. The number of nitro benzene ring substituents is 1. The highest BCUT2D eigenvalue weighted by Gasteiger charge is 2.41. The van der Waals surface area contributed by atoms with Gasteiger partial charge in [-0.2, -0.15) is 0 Å². The van der Waals surface area contributed by atoms with Gasteiger partial charge in [-0.3, -0.25) is 24.6 Å². The molecular formula is C20H25N3O5. The number of rotatable bonds is 7. The molecule has 1 aromatic carbocycles. The van der Waals surface area contributed by atoms with Gasteiger partial charge in [-0.05, 0) is 50.8 Å². The maximum Gasteiger partial charge on any atom is 0.277 e. The summed E-state index contributed by atoms with van der Waals surface area (Å²) in [4.78, 5) is 39.8. The van der Waals surface area contributed by atoms with Crippen LogP contribution in [0.2, 0.25) is 0 Å². The molecule has 2 amide bonds. The Kier molecular flexibility index (Phi) is 6.08. The van der Waals surface area contributed by atoms with E-state index in [4.69, 9.17) is 4.74 Å². The Morgan fingerprint density at radius 3 is 2.29 bits per heavy atom. The van der Waals surface area contributed by atoms with Crippen LogP contribution < -0.4 is 0 Å². The van der Waals surface area contributed by atoms with Crippen molar-refractivity contribution in [2.24, 2.45) is 0 Å². The highest BCUT2D eigenvalue weighted by atomic mass is 16.6. The number of non-ortho nitro benzene ring substituents is 1. The molecule has 2 aliphatic rings. The first kappa shape index (κ1) is 20.0. The molecule has 0 aromatic heterocycles. The maximum atomic E-state index is 13.1. The fourth-order valence-corrected chi connectivity index (χ4v) is 3.57. The number of carbonyl (C=O) groups is 2. The number of hydrogen-bond donors (Lipinski definition) is 0. The van der Waals surface area contributed by atoms with Gasteiger partial charge >= 0.3 is 0 Å². The van der Waals surface area contributed by atoms with Gasteiger partial charge < -0.3 is 9.64 Å². The zero-order valence-electron chi connectivity index (χ0n) is 16.2. The molecule has 0 aliphatic carbocycles. The van der Waals surface area contributed by atoms with Gasteiger partial charge in [0.05, 0.1) is 29.8 Å². The van der Waals surface area contributed by atoms with Crippen molar-refractivity contribution < 1.29 is 19.2 Å². The van der Waals surface area contributed by atoms with E-state index in [1.165, 1.54) is 29.2 Å². The summed E-state index contributed by atoms with van der Waals surface area (Å²) in [5.41, 5.74) is 1.20. The summed E-state index contributed by atoms with van der Waals surface area (Å²) in [6.45, 7) is 5.70. The van der Waals surface area contributed by atoms with Crippen LogP contribution in [-0.2, 0) is 14.3 Å². The number of piperidine rings is 1. The Bertz CT molecular complexity index is 795. The quantitative estimate of drug-likeness (QED) is 0.406. The van der Waals surface area contributed by atoms with Gasteiger partial charge in [-0.25, -0.2) is 0 Å². The molecule has 1 fully saturated rings. The van der Waals surface area contributed by atoms with Gasteiger partial charge in [-0.15, -0.1) is 0 Å². The molecule has 1 aromatic rings. The van der Waals surface area contributed by atoms with E-state index in [0.717, 1.165) is 32.4 Å². The lowest BCUT2D eigenvalue weighted by atomic mass is 10.0. The number of benzene rings is 1. The second-order valence-corrected chi connectivity index (χ2v) is 7.26. The number of nitrogens with zero attached hydrogens (tertiary/aromatic N) is 3. The minimum atomic E-state index is -0.485. The number of likely N-dealkylation sites (tertiary alicyclic amines) is 1. The van der Waals surface area contributed by atoms with Crippen LogP contribution in [0.3, 0.4) is 0 Å². The van der Waals surface area contributed by atoms with Crippen molar-refractivity contribution >= 4 is 23.1 Å². The molecule has 0 N–H and O–H groups in total. The predicted octanol–water partition coefficient (Wildman–Crippen LogP) is 2.59. The summed E-state index contributed by atoms with van der Waals surface area (Å²) in [6.07, 6.45) is 3.05. The van der Waals surface area contributed by atoms with Crippen molar-refractivity contribution in [1.82, 2.24) is 9.80 Å². The summed E-state index contributed by atoms with van der Waals surface area (Å²) in [5.74, 6) is -0.681. The largest absolute Gasteiger partial charge is 0.377 e. The minimum Gasteiger partial charge on any atom is -0.377 e. The molecule has 0 unspecified atom stereocenters. The van der Waals surface area contributed by atoms with Crippen LogP contribution in [-0.4, -0.2) is 58.9 Å². The molecule has 0 radical (unpaired) electrons. The van der Waals surface area contributed by atoms with Crippen LogP contribution in [0, 0.1) is 10.1 Å². The number of nitro groups is 1. The van der Waals surface area contributed by atoms with E-state index in [1.807, 2.05) is 18.7 Å². The van der Waals surface area contributed by atoms with Crippen molar-refractivity contribution in [3.05, 3.63) is 45.6 Å². The number of ether oxygens (including phenoxy) is 1. The van der Waals surface area contributed by atoms with Crippen molar-refractivity contribution in [2.45, 2.75) is 39.2 Å². The van der Waals surface area contributed by atoms with Crippen LogP contribution in [0.4, 0.5) is 5.69 Å². The number of amides is 2. The van der Waals surface area contributed by atoms with Crippen LogP contribution in [0.25, 0.3) is 5.57 Å². The molecule has 0 atom stereocenters. The SMILES string of the molecule is CC(C)OCCN1C(=O)C(c2ccc([N+](=O)[O-])cc2)=C(N2CCCCC2)C1=O. The molecule has 8 nitrogen and oxygen atoms in total. The highest BCUT2D eigenvalue weighted by Crippen LogP contribution is 2.33. The number of hydrogen-bond acceptors (Lipinski definition) is 6. The summed E-state index contributed by atoms with van der Waals surface area (Å²) in [6, 6.07) is 5.80. The van der Waals surface area contributed by atoms with Crippen LogP contribution in [0.15, 0.2) is 30.0 Å².